The molecule has 24 heavy (non-hydrogen) atoms. The molecule has 0 unspecified atom stereocenters. The van der Waals surface area contributed by atoms with Gasteiger partial charge in [-0.25, -0.2) is 8.78 Å². The number of rotatable bonds is 6. The fourth-order valence-electron chi connectivity index (χ4n) is 2.47. The molecular weight excluding hydrogens is 310 g/mol. The molecule has 2 rings (SSSR count). The van der Waals surface area contributed by atoms with Crippen LogP contribution < -0.4 is 10.6 Å². The summed E-state index contributed by atoms with van der Waals surface area (Å²) in [6, 6.07) is 10.1. The lowest BCUT2D eigenvalue weighted by atomic mass is 10.1. The summed E-state index contributed by atoms with van der Waals surface area (Å²) in [5.74, 6) is -1.46. The quantitative estimate of drug-likeness (QED) is 0.832. The Morgan fingerprint density at radius 1 is 1.08 bits per heavy atom. The minimum atomic E-state index is -0.627. The van der Waals surface area contributed by atoms with Gasteiger partial charge in [0.2, 0.25) is 5.91 Å². The summed E-state index contributed by atoms with van der Waals surface area (Å²) in [6.07, 6.45) is 0.937. The van der Waals surface area contributed by atoms with Gasteiger partial charge in [0.05, 0.1) is 6.04 Å². The number of amides is 1. The van der Waals surface area contributed by atoms with Crippen LogP contribution in [0.15, 0.2) is 42.5 Å². The van der Waals surface area contributed by atoms with Gasteiger partial charge in [-0.3, -0.25) is 10.1 Å². The van der Waals surface area contributed by atoms with Crippen LogP contribution in [0.25, 0.3) is 0 Å². The number of anilines is 1. The fourth-order valence-corrected chi connectivity index (χ4v) is 2.47. The molecule has 2 aromatic rings. The minimum Gasteiger partial charge on any atom is -0.325 e. The topological polar surface area (TPSA) is 41.1 Å². The number of nitrogens with one attached hydrogen (secondary N) is 2. The first-order valence-corrected chi connectivity index (χ1v) is 8.01. The summed E-state index contributed by atoms with van der Waals surface area (Å²) in [6.45, 7) is 5.50. The molecule has 2 atom stereocenters. The number of halogens is 2. The van der Waals surface area contributed by atoms with Crippen molar-refractivity contribution in [2.24, 2.45) is 0 Å². The van der Waals surface area contributed by atoms with E-state index >= 15 is 0 Å². The third kappa shape index (κ3) is 4.61. The molecule has 5 heteroatoms. The normalized spacial score (nSPS) is 13.4. The minimum absolute atomic E-state index is 0.214. The Bertz CT molecular complexity index is 701. The van der Waals surface area contributed by atoms with Crippen LogP contribution in [-0.2, 0) is 11.2 Å². The first-order chi connectivity index (χ1) is 11.4. The van der Waals surface area contributed by atoms with Crippen molar-refractivity contribution in [2.75, 3.05) is 5.32 Å². The van der Waals surface area contributed by atoms with E-state index in [0.717, 1.165) is 12.5 Å². The Morgan fingerprint density at radius 2 is 1.75 bits per heavy atom. The van der Waals surface area contributed by atoms with Gasteiger partial charge in [0.1, 0.15) is 11.6 Å². The van der Waals surface area contributed by atoms with Crippen molar-refractivity contribution in [3.8, 4) is 0 Å². The average molecular weight is 332 g/mol. The van der Waals surface area contributed by atoms with E-state index in [9.17, 15) is 13.6 Å². The number of carbonyl (C=O) groups excluding carboxylic acids is 1. The van der Waals surface area contributed by atoms with Crippen LogP contribution in [0, 0.1) is 11.6 Å². The summed E-state index contributed by atoms with van der Waals surface area (Å²) in [4.78, 5) is 12.2. The summed E-state index contributed by atoms with van der Waals surface area (Å²) in [5, 5.41) is 5.84. The first kappa shape index (κ1) is 18.1. The lowest BCUT2D eigenvalue weighted by Gasteiger charge is -2.20. The van der Waals surface area contributed by atoms with Crippen LogP contribution in [-0.4, -0.2) is 11.9 Å². The highest BCUT2D eigenvalue weighted by Crippen LogP contribution is 2.18. The van der Waals surface area contributed by atoms with E-state index in [4.69, 9.17) is 0 Å². The second-order valence-electron chi connectivity index (χ2n) is 5.82. The van der Waals surface area contributed by atoms with Gasteiger partial charge in [-0.2, -0.15) is 0 Å². The van der Waals surface area contributed by atoms with Crippen LogP contribution >= 0.6 is 0 Å². The molecule has 128 valence electrons. The lowest BCUT2D eigenvalue weighted by Crippen LogP contribution is -2.39. The van der Waals surface area contributed by atoms with Gasteiger partial charge in [-0.1, -0.05) is 25.1 Å². The molecule has 0 bridgehead atoms. The van der Waals surface area contributed by atoms with Gasteiger partial charge in [0.25, 0.3) is 0 Å². The zero-order valence-electron chi connectivity index (χ0n) is 14.1. The van der Waals surface area contributed by atoms with Gasteiger partial charge in [-0.05, 0) is 44.0 Å². The summed E-state index contributed by atoms with van der Waals surface area (Å²) in [5.41, 5.74) is 2.23. The van der Waals surface area contributed by atoms with Gasteiger partial charge in [-0.15, -0.1) is 0 Å². The zero-order valence-corrected chi connectivity index (χ0v) is 14.1. The second-order valence-corrected chi connectivity index (χ2v) is 5.82. The maximum absolute atomic E-state index is 13.8. The predicted octanol–water partition coefficient (Wildman–Crippen LogP) is 4.21. The fraction of sp³-hybridized carbons (Fsp3) is 0.316. The Labute approximate surface area is 141 Å². The maximum atomic E-state index is 13.8. The molecule has 0 radical (unpaired) electrons. The molecule has 0 heterocycles. The van der Waals surface area contributed by atoms with E-state index < -0.39 is 23.7 Å². The van der Waals surface area contributed by atoms with Crippen LogP contribution in [0.2, 0.25) is 0 Å². The number of hydrogen-bond acceptors (Lipinski definition) is 2. The third-order valence-electron chi connectivity index (χ3n) is 3.95. The van der Waals surface area contributed by atoms with Crippen molar-refractivity contribution in [1.29, 1.82) is 0 Å². The smallest absolute Gasteiger partial charge is 0.241 e. The van der Waals surface area contributed by atoms with Gasteiger partial charge in [0, 0.05) is 23.4 Å². The van der Waals surface area contributed by atoms with Crippen molar-refractivity contribution in [2.45, 2.75) is 39.3 Å². The van der Waals surface area contributed by atoms with Crippen molar-refractivity contribution >= 4 is 11.6 Å². The van der Waals surface area contributed by atoms with Gasteiger partial charge >= 0.3 is 0 Å². The van der Waals surface area contributed by atoms with E-state index in [-0.39, 0.29) is 5.91 Å². The highest BCUT2D eigenvalue weighted by Gasteiger charge is 2.18. The van der Waals surface area contributed by atoms with Crippen molar-refractivity contribution < 1.29 is 13.6 Å². The van der Waals surface area contributed by atoms with Crippen LogP contribution in [0.5, 0.6) is 0 Å². The molecule has 0 aliphatic rings. The van der Waals surface area contributed by atoms with E-state index in [0.29, 0.717) is 11.3 Å². The molecule has 0 aliphatic heterocycles. The monoisotopic (exact) mass is 332 g/mol. The SMILES string of the molecule is CCc1ccc(NC(=O)[C@@H](C)N[C@H](C)c2ccc(F)cc2F)cc1. The third-order valence-corrected chi connectivity index (χ3v) is 3.95. The van der Waals surface area contributed by atoms with Crippen LogP contribution in [0.1, 0.15) is 37.9 Å². The largest absolute Gasteiger partial charge is 0.325 e. The number of aryl methyl sites for hydroxylation is 1. The van der Waals surface area contributed by atoms with Crippen molar-refractivity contribution in [3.63, 3.8) is 0 Å². The molecular formula is C19H22F2N2O. The van der Waals surface area contributed by atoms with Gasteiger partial charge in [0.15, 0.2) is 0 Å². The molecule has 0 aliphatic carbocycles. The van der Waals surface area contributed by atoms with Gasteiger partial charge < -0.3 is 5.32 Å². The van der Waals surface area contributed by atoms with Crippen molar-refractivity contribution in [1.82, 2.24) is 5.32 Å². The zero-order chi connectivity index (χ0) is 17.7. The highest BCUT2D eigenvalue weighted by molar-refractivity contribution is 5.94. The number of benzene rings is 2. The Balaban J connectivity index is 1.97. The summed E-state index contributed by atoms with van der Waals surface area (Å²) in [7, 11) is 0. The van der Waals surface area contributed by atoms with Crippen molar-refractivity contribution in [3.05, 3.63) is 65.2 Å². The van der Waals surface area contributed by atoms with E-state index in [1.807, 2.05) is 24.3 Å². The molecule has 3 nitrogen and oxygen atoms in total. The number of hydrogen-bond donors (Lipinski definition) is 2. The highest BCUT2D eigenvalue weighted by atomic mass is 19.1. The molecule has 0 saturated carbocycles. The molecule has 2 N–H and O–H groups in total. The Morgan fingerprint density at radius 3 is 2.33 bits per heavy atom. The summed E-state index contributed by atoms with van der Waals surface area (Å²) >= 11 is 0. The number of carbonyl (C=O) groups is 1. The maximum Gasteiger partial charge on any atom is 0.241 e. The second kappa shape index (κ2) is 8.02. The summed E-state index contributed by atoms with van der Waals surface area (Å²) < 4.78 is 26.8. The van der Waals surface area contributed by atoms with Crippen LogP contribution in [0.3, 0.4) is 0 Å². The molecule has 1 amide bonds. The predicted molar refractivity (Wildman–Crippen MR) is 91.8 cm³/mol. The lowest BCUT2D eigenvalue weighted by molar-refractivity contribution is -0.117. The first-order valence-electron chi connectivity index (χ1n) is 8.01. The van der Waals surface area contributed by atoms with E-state index in [2.05, 4.69) is 17.6 Å². The molecule has 0 aromatic heterocycles. The standard InChI is InChI=1S/C19H22F2N2O/c1-4-14-5-8-16(9-6-14)23-19(24)13(3)22-12(2)17-10-7-15(20)11-18(17)21/h5-13,22H,4H2,1-3H3,(H,23,24)/t12-,13-/m1/s1. The molecule has 0 fully saturated rings. The molecule has 0 saturated heterocycles. The molecule has 0 spiro atoms. The van der Waals surface area contributed by atoms with E-state index in [1.165, 1.54) is 17.7 Å². The van der Waals surface area contributed by atoms with E-state index in [1.54, 1.807) is 13.8 Å². The van der Waals surface area contributed by atoms with Crippen LogP contribution in [0.4, 0.5) is 14.5 Å². The Kier molecular flexibility index (Phi) is 6.04. The molecule has 2 aromatic carbocycles. The Hall–Kier alpha value is -2.27. The average Bonchev–Trinajstić information content (AvgIpc) is 2.55.